The van der Waals surface area contributed by atoms with Crippen molar-refractivity contribution in [1.82, 2.24) is 10.3 Å². The molecule has 0 spiro atoms. The van der Waals surface area contributed by atoms with Crippen LogP contribution in [0.2, 0.25) is 0 Å². The first-order chi connectivity index (χ1) is 10.5. The highest BCUT2D eigenvalue weighted by Crippen LogP contribution is 2.33. The van der Waals surface area contributed by atoms with Crippen LogP contribution >= 0.6 is 11.3 Å². The Morgan fingerprint density at radius 1 is 1.50 bits per heavy atom. The summed E-state index contributed by atoms with van der Waals surface area (Å²) >= 11 is 1.47. The molecule has 3 rings (SSSR count). The van der Waals surface area contributed by atoms with Gasteiger partial charge in [-0.1, -0.05) is 25.2 Å². The van der Waals surface area contributed by atoms with Crippen LogP contribution in [0.5, 0.6) is 0 Å². The van der Waals surface area contributed by atoms with Gasteiger partial charge < -0.3 is 10.2 Å². The van der Waals surface area contributed by atoms with Gasteiger partial charge in [-0.05, 0) is 30.5 Å². The number of thiazole rings is 1. The first kappa shape index (κ1) is 15.2. The average molecular weight is 321 g/mol. The van der Waals surface area contributed by atoms with Crippen molar-refractivity contribution in [2.75, 3.05) is 24.5 Å². The maximum atomic E-state index is 13.2. The molecular formula is C16H20FN3OS. The second-order valence-electron chi connectivity index (χ2n) is 6.18. The van der Waals surface area contributed by atoms with Crippen LogP contribution in [0.1, 0.15) is 20.3 Å². The SMILES string of the molecule is CC(C)CCNC(=O)C1CN(c2nc3ccc(F)cc3s2)C1. The molecule has 0 saturated carbocycles. The van der Waals surface area contributed by atoms with Crippen LogP contribution in [-0.4, -0.2) is 30.5 Å². The number of carbonyl (C=O) groups excluding carboxylic acids is 1. The van der Waals surface area contributed by atoms with E-state index in [1.54, 1.807) is 6.07 Å². The third-order valence-corrected chi connectivity index (χ3v) is 4.96. The summed E-state index contributed by atoms with van der Waals surface area (Å²) in [6, 6.07) is 4.62. The van der Waals surface area contributed by atoms with Crippen molar-refractivity contribution in [3.05, 3.63) is 24.0 Å². The second-order valence-corrected chi connectivity index (χ2v) is 7.19. The van der Waals surface area contributed by atoms with Crippen molar-refractivity contribution in [3.8, 4) is 0 Å². The number of aromatic nitrogens is 1. The Kier molecular flexibility index (Phi) is 4.29. The summed E-state index contributed by atoms with van der Waals surface area (Å²) in [4.78, 5) is 18.6. The summed E-state index contributed by atoms with van der Waals surface area (Å²) in [7, 11) is 0. The first-order valence-corrected chi connectivity index (χ1v) is 8.43. The van der Waals surface area contributed by atoms with Gasteiger partial charge in [0.1, 0.15) is 5.82 Å². The van der Waals surface area contributed by atoms with E-state index < -0.39 is 0 Å². The molecule has 4 nitrogen and oxygen atoms in total. The third kappa shape index (κ3) is 3.21. The van der Waals surface area contributed by atoms with Crippen LogP contribution in [0.25, 0.3) is 10.2 Å². The molecule has 1 N–H and O–H groups in total. The lowest BCUT2D eigenvalue weighted by atomic mass is 10.00. The number of carbonyl (C=O) groups is 1. The summed E-state index contributed by atoms with van der Waals surface area (Å²) in [6.07, 6.45) is 1.01. The van der Waals surface area contributed by atoms with Gasteiger partial charge in [-0.3, -0.25) is 4.79 Å². The fraction of sp³-hybridized carbons (Fsp3) is 0.500. The van der Waals surface area contributed by atoms with Crippen LogP contribution in [0, 0.1) is 17.7 Å². The molecule has 22 heavy (non-hydrogen) atoms. The quantitative estimate of drug-likeness (QED) is 0.921. The Morgan fingerprint density at radius 2 is 2.27 bits per heavy atom. The van der Waals surface area contributed by atoms with E-state index in [2.05, 4.69) is 29.0 Å². The van der Waals surface area contributed by atoms with Gasteiger partial charge in [0.05, 0.1) is 16.1 Å². The van der Waals surface area contributed by atoms with Crippen LogP contribution in [0.15, 0.2) is 18.2 Å². The number of nitrogens with one attached hydrogen (secondary N) is 1. The van der Waals surface area contributed by atoms with Crippen molar-refractivity contribution in [2.24, 2.45) is 11.8 Å². The number of anilines is 1. The molecule has 2 aromatic rings. The van der Waals surface area contributed by atoms with E-state index in [4.69, 9.17) is 0 Å². The molecule has 1 aromatic carbocycles. The predicted molar refractivity (Wildman–Crippen MR) is 87.7 cm³/mol. The molecule has 1 saturated heterocycles. The van der Waals surface area contributed by atoms with Gasteiger partial charge in [-0.2, -0.15) is 0 Å². The maximum Gasteiger partial charge on any atom is 0.226 e. The van der Waals surface area contributed by atoms with E-state index in [-0.39, 0.29) is 17.6 Å². The number of fused-ring (bicyclic) bond motifs is 1. The van der Waals surface area contributed by atoms with Gasteiger partial charge in [0.15, 0.2) is 5.13 Å². The van der Waals surface area contributed by atoms with E-state index in [9.17, 15) is 9.18 Å². The fourth-order valence-electron chi connectivity index (χ4n) is 2.45. The standard InChI is InChI=1S/C16H20FN3OS/c1-10(2)5-6-18-15(21)11-8-20(9-11)16-19-13-4-3-12(17)7-14(13)22-16/h3-4,7,10-11H,5-6,8-9H2,1-2H3,(H,18,21). The number of nitrogens with zero attached hydrogens (tertiary/aromatic N) is 2. The second kappa shape index (κ2) is 6.20. The lowest BCUT2D eigenvalue weighted by molar-refractivity contribution is -0.125. The van der Waals surface area contributed by atoms with E-state index in [0.29, 0.717) is 19.0 Å². The van der Waals surface area contributed by atoms with E-state index in [1.165, 1.54) is 23.5 Å². The molecule has 2 heterocycles. The molecule has 0 unspecified atom stereocenters. The molecule has 1 aliphatic rings. The van der Waals surface area contributed by atoms with Gasteiger partial charge in [0, 0.05) is 19.6 Å². The van der Waals surface area contributed by atoms with Crippen molar-refractivity contribution in [3.63, 3.8) is 0 Å². The average Bonchev–Trinajstić information content (AvgIpc) is 2.78. The minimum absolute atomic E-state index is 0.0379. The van der Waals surface area contributed by atoms with Crippen LogP contribution in [-0.2, 0) is 4.79 Å². The summed E-state index contributed by atoms with van der Waals surface area (Å²) < 4.78 is 14.0. The highest BCUT2D eigenvalue weighted by Gasteiger charge is 2.34. The van der Waals surface area contributed by atoms with Crippen LogP contribution in [0.3, 0.4) is 0 Å². The first-order valence-electron chi connectivity index (χ1n) is 7.61. The Balaban J connectivity index is 1.54. The maximum absolute atomic E-state index is 13.2. The highest BCUT2D eigenvalue weighted by molar-refractivity contribution is 7.22. The summed E-state index contributed by atoms with van der Waals surface area (Å²) in [6.45, 7) is 6.42. The largest absolute Gasteiger partial charge is 0.356 e. The van der Waals surface area contributed by atoms with Crippen molar-refractivity contribution in [1.29, 1.82) is 0 Å². The van der Waals surface area contributed by atoms with Crippen molar-refractivity contribution >= 4 is 32.6 Å². The molecule has 0 atom stereocenters. The molecule has 0 radical (unpaired) electrons. The summed E-state index contributed by atoms with van der Waals surface area (Å²) in [5, 5.41) is 3.86. The van der Waals surface area contributed by atoms with Gasteiger partial charge in [0.25, 0.3) is 0 Å². The molecule has 1 amide bonds. The molecule has 1 aliphatic heterocycles. The molecule has 0 bridgehead atoms. The Hall–Kier alpha value is -1.69. The van der Waals surface area contributed by atoms with Crippen LogP contribution in [0.4, 0.5) is 9.52 Å². The minimum Gasteiger partial charge on any atom is -0.356 e. The van der Waals surface area contributed by atoms with Gasteiger partial charge in [-0.25, -0.2) is 9.37 Å². The predicted octanol–water partition coefficient (Wildman–Crippen LogP) is 3.03. The number of hydrogen-bond donors (Lipinski definition) is 1. The number of benzene rings is 1. The van der Waals surface area contributed by atoms with Crippen molar-refractivity contribution < 1.29 is 9.18 Å². The van der Waals surface area contributed by atoms with E-state index >= 15 is 0 Å². The highest BCUT2D eigenvalue weighted by atomic mass is 32.1. The topological polar surface area (TPSA) is 45.2 Å². The number of amides is 1. The zero-order chi connectivity index (χ0) is 15.7. The third-order valence-electron chi connectivity index (χ3n) is 3.88. The zero-order valence-electron chi connectivity index (χ0n) is 12.8. The molecule has 1 aromatic heterocycles. The normalized spacial score (nSPS) is 15.4. The molecular weight excluding hydrogens is 301 g/mol. The monoisotopic (exact) mass is 321 g/mol. The number of halogens is 1. The van der Waals surface area contributed by atoms with Crippen molar-refractivity contribution in [2.45, 2.75) is 20.3 Å². The lowest BCUT2D eigenvalue weighted by Crippen LogP contribution is -2.53. The van der Waals surface area contributed by atoms with E-state index in [0.717, 1.165) is 28.3 Å². The van der Waals surface area contributed by atoms with Gasteiger partial charge >= 0.3 is 0 Å². The number of rotatable bonds is 5. The minimum atomic E-state index is -0.242. The van der Waals surface area contributed by atoms with Crippen LogP contribution < -0.4 is 10.2 Å². The summed E-state index contributed by atoms with van der Waals surface area (Å²) in [5.41, 5.74) is 0.811. The Bertz CT molecular complexity index is 679. The van der Waals surface area contributed by atoms with Gasteiger partial charge in [-0.15, -0.1) is 0 Å². The van der Waals surface area contributed by atoms with Gasteiger partial charge in [0.2, 0.25) is 5.91 Å². The molecule has 0 aliphatic carbocycles. The smallest absolute Gasteiger partial charge is 0.226 e. The Labute approximate surface area is 133 Å². The molecule has 118 valence electrons. The Morgan fingerprint density at radius 3 is 3.00 bits per heavy atom. The zero-order valence-corrected chi connectivity index (χ0v) is 13.6. The fourth-order valence-corrected chi connectivity index (χ4v) is 3.46. The number of hydrogen-bond acceptors (Lipinski definition) is 4. The summed E-state index contributed by atoms with van der Waals surface area (Å²) in [5.74, 6) is 0.523. The lowest BCUT2D eigenvalue weighted by Gasteiger charge is -2.38. The molecule has 6 heteroatoms. The van der Waals surface area contributed by atoms with E-state index in [1.807, 2.05) is 0 Å². The molecule has 1 fully saturated rings.